The van der Waals surface area contributed by atoms with E-state index in [-0.39, 0.29) is 23.0 Å². The van der Waals surface area contributed by atoms with Crippen molar-refractivity contribution in [2.45, 2.75) is 39.0 Å². The molecule has 92 valence electrons. The minimum Gasteiger partial charge on any atom is -0.298 e. The average molecular weight is 251 g/mol. The maximum atomic E-state index is 11.5. The summed E-state index contributed by atoms with van der Waals surface area (Å²) in [6.07, 6.45) is 1.89. The van der Waals surface area contributed by atoms with E-state index >= 15 is 0 Å². The van der Waals surface area contributed by atoms with Gasteiger partial charge in [0.2, 0.25) is 0 Å². The summed E-state index contributed by atoms with van der Waals surface area (Å²) in [4.78, 5) is 11.5. The Kier molecular flexibility index (Phi) is 3.31. The molecular formula is C15H19ClO. The number of Topliss-reactive ketones (excluding diaryl/α,β-unsaturated/α-hetero) is 1. The molecule has 0 unspecified atom stereocenters. The zero-order valence-corrected chi connectivity index (χ0v) is 11.5. The van der Waals surface area contributed by atoms with Crippen LogP contribution >= 0.6 is 11.6 Å². The molecule has 0 saturated heterocycles. The van der Waals surface area contributed by atoms with Crippen molar-refractivity contribution in [3.8, 4) is 0 Å². The summed E-state index contributed by atoms with van der Waals surface area (Å²) in [5.41, 5.74) is 4.19. The molecule has 1 fully saturated rings. The van der Waals surface area contributed by atoms with E-state index in [1.54, 1.807) is 0 Å². The van der Waals surface area contributed by atoms with Crippen LogP contribution in [0.1, 0.15) is 36.5 Å². The van der Waals surface area contributed by atoms with Crippen molar-refractivity contribution in [2.75, 3.05) is 5.88 Å². The van der Waals surface area contributed by atoms with E-state index in [1.165, 1.54) is 16.7 Å². The van der Waals surface area contributed by atoms with Gasteiger partial charge in [-0.15, -0.1) is 11.6 Å². The third-order valence-corrected chi connectivity index (χ3v) is 4.29. The van der Waals surface area contributed by atoms with Crippen LogP contribution in [0.3, 0.4) is 0 Å². The number of hydrogen-bond donors (Lipinski definition) is 0. The van der Waals surface area contributed by atoms with Crippen molar-refractivity contribution in [2.24, 2.45) is 5.92 Å². The second-order valence-electron chi connectivity index (χ2n) is 5.58. The Labute approximate surface area is 108 Å². The van der Waals surface area contributed by atoms with Gasteiger partial charge in [-0.25, -0.2) is 0 Å². The molecule has 0 N–H and O–H groups in total. The number of aryl methyl sites for hydroxylation is 2. The predicted molar refractivity (Wildman–Crippen MR) is 71.7 cm³/mol. The van der Waals surface area contributed by atoms with Crippen LogP contribution in [-0.2, 0) is 10.2 Å². The molecule has 2 heteroatoms. The first kappa shape index (κ1) is 12.6. The molecule has 1 aromatic rings. The molecule has 0 bridgehead atoms. The molecule has 1 aliphatic rings. The summed E-state index contributed by atoms with van der Waals surface area (Å²) in [5.74, 6) is 0.542. The fourth-order valence-corrected chi connectivity index (χ4v) is 3.19. The van der Waals surface area contributed by atoms with E-state index in [0.717, 1.165) is 12.8 Å². The SMILES string of the molecule is Cc1ccc(C)c(C2(C)CC(C(=O)CCl)C2)c1. The largest absolute Gasteiger partial charge is 0.298 e. The smallest absolute Gasteiger partial charge is 0.150 e. The average Bonchev–Trinajstić information content (AvgIpc) is 2.27. The fraction of sp³-hybridized carbons (Fsp3) is 0.533. The van der Waals surface area contributed by atoms with Gasteiger partial charge in [0.25, 0.3) is 0 Å². The van der Waals surface area contributed by atoms with Gasteiger partial charge >= 0.3 is 0 Å². The number of carbonyl (C=O) groups is 1. The zero-order chi connectivity index (χ0) is 12.6. The van der Waals surface area contributed by atoms with Crippen molar-refractivity contribution < 1.29 is 4.79 Å². The van der Waals surface area contributed by atoms with E-state index in [4.69, 9.17) is 11.6 Å². The molecule has 0 atom stereocenters. The van der Waals surface area contributed by atoms with E-state index in [1.807, 2.05) is 0 Å². The minimum atomic E-state index is 0.160. The Morgan fingerprint density at radius 3 is 2.65 bits per heavy atom. The van der Waals surface area contributed by atoms with Crippen LogP contribution in [0.5, 0.6) is 0 Å². The lowest BCUT2D eigenvalue weighted by Crippen LogP contribution is -2.43. The first-order chi connectivity index (χ1) is 7.96. The first-order valence-corrected chi connectivity index (χ1v) is 6.66. The fourth-order valence-electron chi connectivity index (χ4n) is 2.97. The van der Waals surface area contributed by atoms with Crippen LogP contribution in [0.25, 0.3) is 0 Å². The molecule has 0 aromatic heterocycles. The number of carbonyl (C=O) groups excluding carboxylic acids is 1. The molecule has 0 radical (unpaired) electrons. The second-order valence-corrected chi connectivity index (χ2v) is 5.85. The third kappa shape index (κ3) is 2.26. The predicted octanol–water partition coefficient (Wildman–Crippen LogP) is 3.78. The number of ketones is 1. The van der Waals surface area contributed by atoms with Crippen molar-refractivity contribution in [1.82, 2.24) is 0 Å². The molecule has 1 saturated carbocycles. The number of halogens is 1. The molecule has 1 nitrogen and oxygen atoms in total. The number of benzene rings is 1. The van der Waals surface area contributed by atoms with Crippen LogP contribution < -0.4 is 0 Å². The highest BCUT2D eigenvalue weighted by atomic mass is 35.5. The molecule has 0 aliphatic heterocycles. The summed E-state index contributed by atoms with van der Waals surface area (Å²) in [6, 6.07) is 6.57. The second kappa shape index (κ2) is 4.45. The van der Waals surface area contributed by atoms with Crippen LogP contribution in [0, 0.1) is 19.8 Å². The van der Waals surface area contributed by atoms with E-state index in [2.05, 4.69) is 39.0 Å². The summed E-state index contributed by atoms with van der Waals surface area (Å²) < 4.78 is 0. The Balaban J connectivity index is 2.19. The number of rotatable bonds is 3. The van der Waals surface area contributed by atoms with Crippen LogP contribution in [0.2, 0.25) is 0 Å². The number of alkyl halides is 1. The standard InChI is InChI=1S/C15H19ClO/c1-10-4-5-11(2)13(6-10)15(3)7-12(8-15)14(17)9-16/h4-6,12H,7-9H2,1-3H3. The van der Waals surface area contributed by atoms with Crippen LogP contribution in [0.15, 0.2) is 18.2 Å². The quantitative estimate of drug-likeness (QED) is 0.747. The zero-order valence-electron chi connectivity index (χ0n) is 10.7. The van der Waals surface area contributed by atoms with Crippen molar-refractivity contribution in [3.05, 3.63) is 34.9 Å². The van der Waals surface area contributed by atoms with Gasteiger partial charge in [-0.1, -0.05) is 30.7 Å². The highest BCUT2D eigenvalue weighted by Gasteiger charge is 2.44. The molecular weight excluding hydrogens is 232 g/mol. The normalized spacial score (nSPS) is 27.6. The molecule has 1 aliphatic carbocycles. The Hall–Kier alpha value is -0.820. The topological polar surface area (TPSA) is 17.1 Å². The van der Waals surface area contributed by atoms with E-state index in [9.17, 15) is 4.79 Å². The van der Waals surface area contributed by atoms with Gasteiger partial charge in [-0.3, -0.25) is 4.79 Å². The van der Waals surface area contributed by atoms with E-state index < -0.39 is 0 Å². The van der Waals surface area contributed by atoms with Gasteiger partial charge in [-0.05, 0) is 43.2 Å². The Morgan fingerprint density at radius 1 is 1.41 bits per heavy atom. The van der Waals surface area contributed by atoms with Crippen LogP contribution in [0.4, 0.5) is 0 Å². The first-order valence-electron chi connectivity index (χ1n) is 6.13. The van der Waals surface area contributed by atoms with Gasteiger partial charge < -0.3 is 0 Å². The Morgan fingerprint density at radius 2 is 2.06 bits per heavy atom. The third-order valence-electron chi connectivity index (χ3n) is 4.02. The Bertz CT molecular complexity index is 444. The molecule has 17 heavy (non-hydrogen) atoms. The maximum absolute atomic E-state index is 11.5. The summed E-state index contributed by atoms with van der Waals surface area (Å²) in [6.45, 7) is 6.52. The lowest BCUT2D eigenvalue weighted by Gasteiger charge is -2.45. The van der Waals surface area contributed by atoms with Crippen molar-refractivity contribution in [3.63, 3.8) is 0 Å². The van der Waals surface area contributed by atoms with E-state index in [0.29, 0.717) is 0 Å². The molecule has 0 amide bonds. The highest BCUT2D eigenvalue weighted by Crippen LogP contribution is 2.49. The van der Waals surface area contributed by atoms with Gasteiger partial charge in [0.1, 0.15) is 0 Å². The van der Waals surface area contributed by atoms with Gasteiger partial charge in [0.15, 0.2) is 5.78 Å². The summed E-state index contributed by atoms with van der Waals surface area (Å²) in [7, 11) is 0. The minimum absolute atomic E-state index is 0.160. The van der Waals surface area contributed by atoms with Gasteiger partial charge in [0.05, 0.1) is 5.88 Å². The van der Waals surface area contributed by atoms with Gasteiger partial charge in [0, 0.05) is 5.92 Å². The molecule has 0 heterocycles. The summed E-state index contributed by atoms with van der Waals surface area (Å²) >= 11 is 5.61. The lowest BCUT2D eigenvalue weighted by atomic mass is 9.58. The monoisotopic (exact) mass is 250 g/mol. The van der Waals surface area contributed by atoms with Crippen LogP contribution in [-0.4, -0.2) is 11.7 Å². The van der Waals surface area contributed by atoms with Crippen molar-refractivity contribution >= 4 is 17.4 Å². The van der Waals surface area contributed by atoms with Gasteiger partial charge in [-0.2, -0.15) is 0 Å². The molecule has 0 spiro atoms. The molecule has 2 rings (SSSR count). The maximum Gasteiger partial charge on any atom is 0.150 e. The number of hydrogen-bond acceptors (Lipinski definition) is 1. The highest BCUT2D eigenvalue weighted by molar-refractivity contribution is 6.28. The molecule has 1 aromatic carbocycles. The van der Waals surface area contributed by atoms with Crippen molar-refractivity contribution in [1.29, 1.82) is 0 Å². The summed E-state index contributed by atoms with van der Waals surface area (Å²) in [5, 5.41) is 0. The lowest BCUT2D eigenvalue weighted by molar-refractivity contribution is -0.124.